The molecule has 0 aromatic heterocycles. The highest BCUT2D eigenvalue weighted by molar-refractivity contribution is 5.77. The van der Waals surface area contributed by atoms with Crippen LogP contribution in [0.4, 0.5) is 0 Å². The van der Waals surface area contributed by atoms with Crippen LogP contribution >= 0.6 is 0 Å². The predicted octanol–water partition coefficient (Wildman–Crippen LogP) is 2.93. The topological polar surface area (TPSA) is 35.5 Å². The first-order valence-electron chi connectivity index (χ1n) is 8.02. The van der Waals surface area contributed by atoms with Gasteiger partial charge in [0.25, 0.3) is 0 Å². The number of rotatable bonds is 3. The van der Waals surface area contributed by atoms with Crippen molar-refractivity contribution in [1.29, 1.82) is 0 Å². The second-order valence-corrected chi connectivity index (χ2v) is 7.43. The molecule has 0 N–H and O–H groups in total. The second-order valence-electron chi connectivity index (χ2n) is 7.43. The number of carbonyl (C=O) groups excluding carboxylic acids is 1. The smallest absolute Gasteiger partial charge is 0.312 e. The van der Waals surface area contributed by atoms with Gasteiger partial charge in [-0.2, -0.15) is 0 Å². The average molecular weight is 264 g/mol. The summed E-state index contributed by atoms with van der Waals surface area (Å²) in [6.07, 6.45) is 9.75. The Balaban J connectivity index is 1.41. The van der Waals surface area contributed by atoms with E-state index in [-0.39, 0.29) is 17.5 Å². The third kappa shape index (κ3) is 2.10. The zero-order valence-corrected chi connectivity index (χ0v) is 11.6. The molecule has 0 amide bonds. The molecule has 0 aromatic rings. The first kappa shape index (κ1) is 12.2. The summed E-state index contributed by atoms with van der Waals surface area (Å²) in [6, 6.07) is 0. The Hall–Kier alpha value is -0.570. The molecule has 3 heteroatoms. The van der Waals surface area contributed by atoms with Crippen molar-refractivity contribution in [3.8, 4) is 0 Å². The van der Waals surface area contributed by atoms with Crippen molar-refractivity contribution in [2.24, 2.45) is 23.2 Å². The van der Waals surface area contributed by atoms with Crippen LogP contribution in [-0.4, -0.2) is 25.3 Å². The maximum Gasteiger partial charge on any atom is 0.312 e. The summed E-state index contributed by atoms with van der Waals surface area (Å²) in [6.45, 7) is 1.32. The minimum absolute atomic E-state index is 0.0992. The van der Waals surface area contributed by atoms with Crippen LogP contribution in [-0.2, 0) is 14.3 Å². The van der Waals surface area contributed by atoms with Gasteiger partial charge in [-0.05, 0) is 69.1 Å². The van der Waals surface area contributed by atoms with Crippen molar-refractivity contribution in [3.63, 3.8) is 0 Å². The molecule has 3 nitrogen and oxygen atoms in total. The first-order valence-corrected chi connectivity index (χ1v) is 8.02. The predicted molar refractivity (Wildman–Crippen MR) is 70.5 cm³/mol. The molecule has 1 heterocycles. The lowest BCUT2D eigenvalue weighted by Crippen LogP contribution is -2.50. The molecule has 4 aliphatic carbocycles. The van der Waals surface area contributed by atoms with E-state index in [2.05, 4.69) is 0 Å². The van der Waals surface area contributed by atoms with Crippen LogP contribution in [0.15, 0.2) is 0 Å². The molecule has 5 rings (SSSR count). The molecule has 1 aliphatic heterocycles. The Labute approximate surface area is 115 Å². The van der Waals surface area contributed by atoms with Gasteiger partial charge in [0.15, 0.2) is 0 Å². The van der Waals surface area contributed by atoms with Crippen molar-refractivity contribution in [3.05, 3.63) is 0 Å². The van der Waals surface area contributed by atoms with E-state index in [1.165, 1.54) is 19.3 Å². The lowest BCUT2D eigenvalue weighted by atomic mass is 9.49. The Bertz CT molecular complexity index is 335. The highest BCUT2D eigenvalue weighted by Gasteiger charge is 2.55. The molecule has 0 aromatic carbocycles. The first-order chi connectivity index (χ1) is 9.23. The molecule has 5 fully saturated rings. The maximum absolute atomic E-state index is 12.6. The molecule has 1 atom stereocenters. The monoisotopic (exact) mass is 264 g/mol. The highest BCUT2D eigenvalue weighted by atomic mass is 16.6. The molecule has 0 radical (unpaired) electrons. The summed E-state index contributed by atoms with van der Waals surface area (Å²) in [7, 11) is 0. The molecule has 5 aliphatic rings. The number of hydrogen-bond acceptors (Lipinski definition) is 3. The van der Waals surface area contributed by atoms with Gasteiger partial charge in [0.2, 0.25) is 0 Å². The van der Waals surface area contributed by atoms with Gasteiger partial charge < -0.3 is 9.47 Å². The molecule has 1 unspecified atom stereocenters. The zero-order valence-electron chi connectivity index (χ0n) is 11.6. The lowest BCUT2D eigenvalue weighted by Gasteiger charge is -2.55. The van der Waals surface area contributed by atoms with Gasteiger partial charge in [-0.15, -0.1) is 0 Å². The fourth-order valence-corrected chi connectivity index (χ4v) is 5.46. The molecule has 4 saturated carbocycles. The van der Waals surface area contributed by atoms with E-state index in [9.17, 15) is 4.79 Å². The van der Waals surface area contributed by atoms with Crippen LogP contribution in [0.1, 0.15) is 51.4 Å². The van der Waals surface area contributed by atoms with Crippen molar-refractivity contribution >= 4 is 5.97 Å². The molecule has 4 bridgehead atoms. The summed E-state index contributed by atoms with van der Waals surface area (Å²) < 4.78 is 11.2. The number of ether oxygens (including phenoxy) is 2. The fraction of sp³-hybridized carbons (Fsp3) is 0.938. The van der Waals surface area contributed by atoms with Crippen molar-refractivity contribution in [1.82, 2.24) is 0 Å². The Kier molecular flexibility index (Phi) is 2.87. The van der Waals surface area contributed by atoms with Crippen LogP contribution in [0.5, 0.6) is 0 Å². The van der Waals surface area contributed by atoms with Crippen molar-refractivity contribution in [2.75, 3.05) is 13.2 Å². The minimum atomic E-state index is -0.104. The summed E-state index contributed by atoms with van der Waals surface area (Å²) in [5.74, 6) is 2.52. The molecular formula is C16H24O3. The van der Waals surface area contributed by atoms with E-state index in [1.54, 1.807) is 0 Å². The summed E-state index contributed by atoms with van der Waals surface area (Å²) in [5, 5.41) is 0. The highest BCUT2D eigenvalue weighted by Crippen LogP contribution is 2.60. The van der Waals surface area contributed by atoms with Crippen LogP contribution in [0.2, 0.25) is 0 Å². The van der Waals surface area contributed by atoms with Gasteiger partial charge in [-0.25, -0.2) is 0 Å². The quantitative estimate of drug-likeness (QED) is 0.735. The second kappa shape index (κ2) is 4.47. The summed E-state index contributed by atoms with van der Waals surface area (Å²) >= 11 is 0. The van der Waals surface area contributed by atoms with Gasteiger partial charge in [-0.1, -0.05) is 0 Å². The Morgan fingerprint density at radius 1 is 1.11 bits per heavy atom. The number of hydrogen-bond donors (Lipinski definition) is 0. The number of esters is 1. The fourth-order valence-electron chi connectivity index (χ4n) is 5.46. The van der Waals surface area contributed by atoms with Crippen LogP contribution in [0, 0.1) is 23.2 Å². The minimum Gasteiger partial charge on any atom is -0.463 e. The van der Waals surface area contributed by atoms with Gasteiger partial charge in [0.05, 0.1) is 11.5 Å². The van der Waals surface area contributed by atoms with E-state index in [0.29, 0.717) is 6.61 Å². The summed E-state index contributed by atoms with van der Waals surface area (Å²) in [4.78, 5) is 12.6. The third-order valence-electron chi connectivity index (χ3n) is 5.90. The van der Waals surface area contributed by atoms with Crippen molar-refractivity contribution in [2.45, 2.75) is 57.5 Å². The van der Waals surface area contributed by atoms with E-state index >= 15 is 0 Å². The van der Waals surface area contributed by atoms with Crippen molar-refractivity contribution < 1.29 is 14.3 Å². The van der Waals surface area contributed by atoms with Gasteiger partial charge >= 0.3 is 5.97 Å². The van der Waals surface area contributed by atoms with E-state index in [4.69, 9.17) is 9.47 Å². The molecule has 0 spiro atoms. The zero-order chi connectivity index (χ0) is 12.9. The SMILES string of the molecule is O=C(OCC1CCCO1)C12CC3CC(CC(C3)C1)C2. The normalized spacial score (nSPS) is 47.6. The maximum atomic E-state index is 12.6. The van der Waals surface area contributed by atoms with E-state index in [0.717, 1.165) is 56.5 Å². The third-order valence-corrected chi connectivity index (χ3v) is 5.90. The average Bonchev–Trinajstić information content (AvgIpc) is 2.87. The molecule has 106 valence electrons. The Morgan fingerprint density at radius 3 is 2.26 bits per heavy atom. The van der Waals surface area contributed by atoms with E-state index < -0.39 is 0 Å². The van der Waals surface area contributed by atoms with Crippen LogP contribution in [0.3, 0.4) is 0 Å². The number of carbonyl (C=O) groups is 1. The summed E-state index contributed by atoms with van der Waals surface area (Å²) in [5.41, 5.74) is -0.104. The van der Waals surface area contributed by atoms with Gasteiger partial charge in [-0.3, -0.25) is 4.79 Å². The van der Waals surface area contributed by atoms with E-state index in [1.807, 2.05) is 0 Å². The molecule has 1 saturated heterocycles. The van der Waals surface area contributed by atoms with Gasteiger partial charge in [0.1, 0.15) is 6.61 Å². The van der Waals surface area contributed by atoms with Crippen LogP contribution < -0.4 is 0 Å². The van der Waals surface area contributed by atoms with Crippen LogP contribution in [0.25, 0.3) is 0 Å². The standard InChI is InChI=1S/C16H24O3/c17-15(19-10-14-2-1-3-18-14)16-7-11-4-12(8-16)6-13(5-11)9-16/h11-14H,1-10H2. The Morgan fingerprint density at radius 2 is 1.74 bits per heavy atom. The lowest BCUT2D eigenvalue weighted by molar-refractivity contribution is -0.174. The van der Waals surface area contributed by atoms with Gasteiger partial charge in [0, 0.05) is 6.61 Å². The molecule has 19 heavy (non-hydrogen) atoms. The molecular weight excluding hydrogens is 240 g/mol. The largest absolute Gasteiger partial charge is 0.463 e.